The Hall–Kier alpha value is -1.32. The number of halogens is 1. The van der Waals surface area contributed by atoms with Crippen molar-refractivity contribution in [2.24, 2.45) is 0 Å². The zero-order valence-electron chi connectivity index (χ0n) is 12.2. The summed E-state index contributed by atoms with van der Waals surface area (Å²) in [6.07, 6.45) is 3.64. The summed E-state index contributed by atoms with van der Waals surface area (Å²) in [5.41, 5.74) is 2.52. The average molecular weight is 346 g/mol. The fourth-order valence-electron chi connectivity index (χ4n) is 2.25. The summed E-state index contributed by atoms with van der Waals surface area (Å²) >= 11 is 3.54. The molecular formula is C18H20BrNO. The van der Waals surface area contributed by atoms with E-state index in [1.807, 2.05) is 24.3 Å². The summed E-state index contributed by atoms with van der Waals surface area (Å²) in [4.78, 5) is 0. The van der Waals surface area contributed by atoms with Crippen molar-refractivity contribution in [2.75, 3.05) is 0 Å². The molecule has 1 aliphatic carbocycles. The zero-order chi connectivity index (χ0) is 14.7. The van der Waals surface area contributed by atoms with Crippen LogP contribution in [0.2, 0.25) is 0 Å². The van der Waals surface area contributed by atoms with Crippen LogP contribution in [-0.4, -0.2) is 6.04 Å². The molecule has 3 heteroatoms. The minimum atomic E-state index is 0.695. The SMILES string of the molecule is CCc1ccc(Oc2ccc(Br)cc2CNC2CC2)cc1. The first-order valence-electron chi connectivity index (χ1n) is 7.53. The number of hydrogen-bond donors (Lipinski definition) is 1. The summed E-state index contributed by atoms with van der Waals surface area (Å²) in [6, 6.07) is 15.2. The summed E-state index contributed by atoms with van der Waals surface area (Å²) in [5, 5.41) is 3.54. The molecule has 1 fully saturated rings. The number of aryl methyl sites for hydroxylation is 1. The van der Waals surface area contributed by atoms with Crippen LogP contribution in [0.1, 0.15) is 30.9 Å². The van der Waals surface area contributed by atoms with Gasteiger partial charge in [0.2, 0.25) is 0 Å². The van der Waals surface area contributed by atoms with Crippen LogP contribution in [0, 0.1) is 0 Å². The highest BCUT2D eigenvalue weighted by molar-refractivity contribution is 9.10. The van der Waals surface area contributed by atoms with Crippen molar-refractivity contribution in [3.63, 3.8) is 0 Å². The quantitative estimate of drug-likeness (QED) is 0.790. The second kappa shape index (κ2) is 6.63. The third-order valence-electron chi connectivity index (χ3n) is 3.74. The lowest BCUT2D eigenvalue weighted by atomic mass is 10.1. The molecule has 1 N–H and O–H groups in total. The van der Waals surface area contributed by atoms with Gasteiger partial charge in [0, 0.05) is 22.6 Å². The average Bonchev–Trinajstić information content (AvgIpc) is 3.32. The lowest BCUT2D eigenvalue weighted by Gasteiger charge is -2.13. The second-order valence-corrected chi connectivity index (χ2v) is 6.42. The van der Waals surface area contributed by atoms with Gasteiger partial charge >= 0.3 is 0 Å². The summed E-state index contributed by atoms with van der Waals surface area (Å²) < 4.78 is 7.14. The Labute approximate surface area is 134 Å². The topological polar surface area (TPSA) is 21.3 Å². The normalized spacial score (nSPS) is 14.2. The van der Waals surface area contributed by atoms with E-state index in [0.717, 1.165) is 28.9 Å². The standard InChI is InChI=1S/C18H20BrNO/c1-2-13-3-8-17(9-4-13)21-18-10-5-15(19)11-14(18)12-20-16-6-7-16/h3-5,8-11,16,20H,2,6-7,12H2,1H3. The Morgan fingerprint density at radius 3 is 2.57 bits per heavy atom. The van der Waals surface area contributed by atoms with Crippen molar-refractivity contribution in [3.8, 4) is 11.5 Å². The first kappa shape index (κ1) is 14.6. The van der Waals surface area contributed by atoms with Crippen molar-refractivity contribution in [1.29, 1.82) is 0 Å². The molecule has 2 aromatic rings. The largest absolute Gasteiger partial charge is 0.457 e. The molecule has 0 spiro atoms. The van der Waals surface area contributed by atoms with Crippen LogP contribution in [-0.2, 0) is 13.0 Å². The Balaban J connectivity index is 1.75. The molecule has 2 aromatic carbocycles. The molecule has 0 bridgehead atoms. The summed E-state index contributed by atoms with van der Waals surface area (Å²) in [6.45, 7) is 3.01. The first-order valence-corrected chi connectivity index (χ1v) is 8.32. The van der Waals surface area contributed by atoms with Gasteiger partial charge in [-0.15, -0.1) is 0 Å². The third-order valence-corrected chi connectivity index (χ3v) is 4.23. The van der Waals surface area contributed by atoms with Gasteiger partial charge in [0.1, 0.15) is 11.5 Å². The first-order chi connectivity index (χ1) is 10.2. The Morgan fingerprint density at radius 1 is 1.14 bits per heavy atom. The fourth-order valence-corrected chi connectivity index (χ4v) is 2.66. The van der Waals surface area contributed by atoms with Gasteiger partial charge in [0.05, 0.1) is 0 Å². The van der Waals surface area contributed by atoms with Gasteiger partial charge in [-0.3, -0.25) is 0 Å². The van der Waals surface area contributed by atoms with E-state index >= 15 is 0 Å². The van der Waals surface area contributed by atoms with Gasteiger partial charge in [-0.25, -0.2) is 0 Å². The molecule has 21 heavy (non-hydrogen) atoms. The van der Waals surface area contributed by atoms with Crippen LogP contribution in [0.3, 0.4) is 0 Å². The number of benzene rings is 2. The number of hydrogen-bond acceptors (Lipinski definition) is 2. The van der Waals surface area contributed by atoms with Crippen LogP contribution < -0.4 is 10.1 Å². The van der Waals surface area contributed by atoms with E-state index in [9.17, 15) is 0 Å². The highest BCUT2D eigenvalue weighted by Gasteiger charge is 2.20. The van der Waals surface area contributed by atoms with Crippen molar-refractivity contribution < 1.29 is 4.74 Å². The minimum Gasteiger partial charge on any atom is -0.457 e. The lowest BCUT2D eigenvalue weighted by molar-refractivity contribution is 0.472. The molecule has 0 aromatic heterocycles. The predicted octanol–water partition coefficient (Wildman–Crippen LogP) is 5.06. The molecule has 2 nitrogen and oxygen atoms in total. The molecule has 0 amide bonds. The molecular weight excluding hydrogens is 326 g/mol. The van der Waals surface area contributed by atoms with Gasteiger partial charge in [-0.05, 0) is 55.2 Å². The van der Waals surface area contributed by atoms with Crippen LogP contribution in [0.25, 0.3) is 0 Å². The van der Waals surface area contributed by atoms with Gasteiger partial charge < -0.3 is 10.1 Å². The fraction of sp³-hybridized carbons (Fsp3) is 0.333. The van der Waals surface area contributed by atoms with Crippen molar-refractivity contribution in [2.45, 2.75) is 38.8 Å². The van der Waals surface area contributed by atoms with Gasteiger partial charge in [-0.1, -0.05) is 35.0 Å². The monoisotopic (exact) mass is 345 g/mol. The van der Waals surface area contributed by atoms with E-state index in [-0.39, 0.29) is 0 Å². The maximum Gasteiger partial charge on any atom is 0.131 e. The van der Waals surface area contributed by atoms with Gasteiger partial charge in [0.15, 0.2) is 0 Å². The molecule has 0 atom stereocenters. The zero-order valence-corrected chi connectivity index (χ0v) is 13.8. The molecule has 1 saturated carbocycles. The molecule has 1 aliphatic rings. The molecule has 3 rings (SSSR count). The Morgan fingerprint density at radius 2 is 1.90 bits per heavy atom. The van der Waals surface area contributed by atoms with Crippen molar-refractivity contribution >= 4 is 15.9 Å². The lowest BCUT2D eigenvalue weighted by Crippen LogP contribution is -2.15. The van der Waals surface area contributed by atoms with Gasteiger partial charge in [-0.2, -0.15) is 0 Å². The number of nitrogens with one attached hydrogen (secondary N) is 1. The second-order valence-electron chi connectivity index (χ2n) is 5.51. The van der Waals surface area contributed by atoms with E-state index in [4.69, 9.17) is 4.74 Å². The van der Waals surface area contributed by atoms with E-state index in [1.165, 1.54) is 24.0 Å². The smallest absolute Gasteiger partial charge is 0.131 e. The van der Waals surface area contributed by atoms with E-state index < -0.39 is 0 Å². The van der Waals surface area contributed by atoms with E-state index in [2.05, 4.69) is 46.4 Å². The van der Waals surface area contributed by atoms with Crippen LogP contribution in [0.5, 0.6) is 11.5 Å². The molecule has 0 radical (unpaired) electrons. The molecule has 110 valence electrons. The summed E-state index contributed by atoms with van der Waals surface area (Å²) in [5.74, 6) is 1.82. The van der Waals surface area contributed by atoms with E-state index in [1.54, 1.807) is 0 Å². The van der Waals surface area contributed by atoms with Crippen molar-refractivity contribution in [1.82, 2.24) is 5.32 Å². The molecule has 0 unspecified atom stereocenters. The minimum absolute atomic E-state index is 0.695. The van der Waals surface area contributed by atoms with Crippen LogP contribution >= 0.6 is 15.9 Å². The summed E-state index contributed by atoms with van der Waals surface area (Å²) in [7, 11) is 0. The van der Waals surface area contributed by atoms with Crippen molar-refractivity contribution in [3.05, 3.63) is 58.1 Å². The molecule has 0 heterocycles. The Kier molecular flexibility index (Phi) is 4.61. The van der Waals surface area contributed by atoms with E-state index in [0.29, 0.717) is 6.04 Å². The maximum absolute atomic E-state index is 6.06. The van der Waals surface area contributed by atoms with Crippen LogP contribution in [0.15, 0.2) is 46.9 Å². The maximum atomic E-state index is 6.06. The number of rotatable bonds is 6. The highest BCUT2D eigenvalue weighted by atomic mass is 79.9. The molecule has 0 saturated heterocycles. The predicted molar refractivity (Wildman–Crippen MR) is 89.9 cm³/mol. The van der Waals surface area contributed by atoms with Crippen LogP contribution in [0.4, 0.5) is 0 Å². The Bertz CT molecular complexity index is 605. The molecule has 0 aliphatic heterocycles. The third kappa shape index (κ3) is 4.08. The highest BCUT2D eigenvalue weighted by Crippen LogP contribution is 2.29. The number of ether oxygens (including phenoxy) is 1. The van der Waals surface area contributed by atoms with Gasteiger partial charge in [0.25, 0.3) is 0 Å².